The maximum atomic E-state index is 13.4. The molecule has 1 aromatic carbocycles. The van der Waals surface area contributed by atoms with E-state index in [2.05, 4.69) is 19.2 Å². The Labute approximate surface area is 97.1 Å². The highest BCUT2D eigenvalue weighted by Gasteiger charge is 2.36. The first kappa shape index (κ1) is 11.6. The summed E-state index contributed by atoms with van der Waals surface area (Å²) in [5, 5.41) is 3.49. The van der Waals surface area contributed by atoms with E-state index in [1.807, 2.05) is 12.1 Å². The zero-order chi connectivity index (χ0) is 11.6. The van der Waals surface area contributed by atoms with Gasteiger partial charge in [0.1, 0.15) is 5.82 Å². The van der Waals surface area contributed by atoms with Crippen LogP contribution in [0.15, 0.2) is 24.3 Å². The Morgan fingerprint density at radius 2 is 2.06 bits per heavy atom. The molecule has 1 nitrogen and oxygen atoms in total. The quantitative estimate of drug-likeness (QED) is 0.805. The molecule has 1 N–H and O–H groups in total. The van der Waals surface area contributed by atoms with Crippen molar-refractivity contribution in [1.29, 1.82) is 0 Å². The molecule has 0 aliphatic heterocycles. The van der Waals surface area contributed by atoms with Gasteiger partial charge in [0, 0.05) is 12.6 Å². The van der Waals surface area contributed by atoms with Crippen molar-refractivity contribution < 1.29 is 4.39 Å². The number of benzene rings is 1. The molecule has 0 radical (unpaired) electrons. The second kappa shape index (κ2) is 4.54. The molecule has 1 aliphatic carbocycles. The lowest BCUT2D eigenvalue weighted by molar-refractivity contribution is 0.443. The lowest BCUT2D eigenvalue weighted by atomic mass is 10.1. The van der Waals surface area contributed by atoms with Crippen molar-refractivity contribution in [2.24, 2.45) is 5.41 Å². The van der Waals surface area contributed by atoms with Gasteiger partial charge in [0.25, 0.3) is 0 Å². The fourth-order valence-electron chi connectivity index (χ4n) is 1.88. The Kier molecular flexibility index (Phi) is 3.29. The molecular weight excluding hydrogens is 201 g/mol. The van der Waals surface area contributed by atoms with Crippen LogP contribution in [0.3, 0.4) is 0 Å². The van der Waals surface area contributed by atoms with Gasteiger partial charge in [-0.3, -0.25) is 0 Å². The Morgan fingerprint density at radius 1 is 1.38 bits per heavy atom. The molecule has 1 atom stereocenters. The number of rotatable bonds is 5. The summed E-state index contributed by atoms with van der Waals surface area (Å²) in [6.45, 7) is 5.48. The largest absolute Gasteiger partial charge is 0.313 e. The minimum Gasteiger partial charge on any atom is -0.313 e. The third-order valence-electron chi connectivity index (χ3n) is 3.46. The van der Waals surface area contributed by atoms with Crippen molar-refractivity contribution in [3.05, 3.63) is 35.6 Å². The molecule has 88 valence electrons. The van der Waals surface area contributed by atoms with Gasteiger partial charge >= 0.3 is 0 Å². The fraction of sp³-hybridized carbons (Fsp3) is 0.571. The van der Waals surface area contributed by atoms with Crippen LogP contribution >= 0.6 is 0 Å². The standard InChI is InChI=1S/C14H20FN/c1-11(16-10-14(2)7-8-14)9-12-5-3-4-6-13(12)15/h3-6,11,16H,7-10H2,1-2H3. The Bertz CT molecular complexity index is 358. The molecule has 2 rings (SSSR count). The first-order chi connectivity index (χ1) is 7.59. The van der Waals surface area contributed by atoms with Gasteiger partial charge in [-0.15, -0.1) is 0 Å². The van der Waals surface area contributed by atoms with E-state index in [0.29, 0.717) is 11.5 Å². The molecule has 1 aromatic rings. The topological polar surface area (TPSA) is 12.0 Å². The summed E-state index contributed by atoms with van der Waals surface area (Å²) >= 11 is 0. The molecule has 0 spiro atoms. The molecule has 0 heterocycles. The summed E-state index contributed by atoms with van der Waals surface area (Å²) in [6.07, 6.45) is 3.42. The molecule has 0 saturated heterocycles. The van der Waals surface area contributed by atoms with Crippen LogP contribution in [0.2, 0.25) is 0 Å². The van der Waals surface area contributed by atoms with Crippen LogP contribution < -0.4 is 5.32 Å². The van der Waals surface area contributed by atoms with E-state index in [1.54, 1.807) is 6.07 Å². The minimum atomic E-state index is -0.0891. The smallest absolute Gasteiger partial charge is 0.126 e. The molecule has 16 heavy (non-hydrogen) atoms. The predicted octanol–water partition coefficient (Wildman–Crippen LogP) is 3.15. The van der Waals surface area contributed by atoms with Crippen LogP contribution in [0.4, 0.5) is 4.39 Å². The van der Waals surface area contributed by atoms with Crippen molar-refractivity contribution in [3.63, 3.8) is 0 Å². The monoisotopic (exact) mass is 221 g/mol. The summed E-state index contributed by atoms with van der Waals surface area (Å²) in [4.78, 5) is 0. The van der Waals surface area contributed by atoms with Gasteiger partial charge in [-0.05, 0) is 43.2 Å². The zero-order valence-electron chi connectivity index (χ0n) is 10.1. The molecule has 2 heteroatoms. The molecule has 0 bridgehead atoms. The number of hydrogen-bond donors (Lipinski definition) is 1. The van der Waals surface area contributed by atoms with Crippen molar-refractivity contribution in [2.75, 3.05) is 6.54 Å². The molecule has 1 fully saturated rings. The number of hydrogen-bond acceptors (Lipinski definition) is 1. The summed E-state index contributed by atoms with van der Waals surface area (Å²) < 4.78 is 13.4. The molecule has 1 unspecified atom stereocenters. The molecular formula is C14H20FN. The molecule has 0 aromatic heterocycles. The van der Waals surface area contributed by atoms with Crippen LogP contribution in [0.1, 0.15) is 32.3 Å². The van der Waals surface area contributed by atoms with Crippen molar-refractivity contribution in [1.82, 2.24) is 5.32 Å². The number of halogens is 1. The Hall–Kier alpha value is -0.890. The predicted molar refractivity (Wildman–Crippen MR) is 64.9 cm³/mol. The first-order valence-electron chi connectivity index (χ1n) is 6.06. The fourth-order valence-corrected chi connectivity index (χ4v) is 1.88. The summed E-state index contributed by atoms with van der Waals surface area (Å²) in [7, 11) is 0. The van der Waals surface area contributed by atoms with Crippen LogP contribution in [0.5, 0.6) is 0 Å². The van der Waals surface area contributed by atoms with Crippen molar-refractivity contribution in [3.8, 4) is 0 Å². The summed E-state index contributed by atoms with van der Waals surface area (Å²) in [6, 6.07) is 7.38. The second-order valence-electron chi connectivity index (χ2n) is 5.39. The van der Waals surface area contributed by atoms with E-state index in [1.165, 1.54) is 18.9 Å². The molecule has 1 aliphatic rings. The van der Waals surface area contributed by atoms with Crippen LogP contribution in [0.25, 0.3) is 0 Å². The zero-order valence-corrected chi connectivity index (χ0v) is 10.1. The normalized spacial score (nSPS) is 19.4. The maximum absolute atomic E-state index is 13.4. The lowest BCUT2D eigenvalue weighted by Crippen LogP contribution is -2.32. The van der Waals surface area contributed by atoms with Crippen LogP contribution in [0, 0.1) is 11.2 Å². The third kappa shape index (κ3) is 3.05. The lowest BCUT2D eigenvalue weighted by Gasteiger charge is -2.17. The Balaban J connectivity index is 1.82. The Morgan fingerprint density at radius 3 is 2.69 bits per heavy atom. The van der Waals surface area contributed by atoms with E-state index in [-0.39, 0.29) is 5.82 Å². The van der Waals surface area contributed by atoms with Gasteiger partial charge in [-0.25, -0.2) is 4.39 Å². The van der Waals surface area contributed by atoms with Gasteiger partial charge < -0.3 is 5.32 Å². The van der Waals surface area contributed by atoms with E-state index >= 15 is 0 Å². The summed E-state index contributed by atoms with van der Waals surface area (Å²) in [5.74, 6) is -0.0891. The van der Waals surface area contributed by atoms with Crippen molar-refractivity contribution >= 4 is 0 Å². The minimum absolute atomic E-state index is 0.0891. The van der Waals surface area contributed by atoms with E-state index in [9.17, 15) is 4.39 Å². The van der Waals surface area contributed by atoms with Crippen LogP contribution in [-0.2, 0) is 6.42 Å². The van der Waals surface area contributed by atoms with Crippen LogP contribution in [-0.4, -0.2) is 12.6 Å². The van der Waals surface area contributed by atoms with Gasteiger partial charge in [0.05, 0.1) is 0 Å². The highest BCUT2D eigenvalue weighted by molar-refractivity contribution is 5.18. The maximum Gasteiger partial charge on any atom is 0.126 e. The second-order valence-corrected chi connectivity index (χ2v) is 5.39. The van der Waals surface area contributed by atoms with E-state index < -0.39 is 0 Å². The van der Waals surface area contributed by atoms with Gasteiger partial charge in [-0.2, -0.15) is 0 Å². The van der Waals surface area contributed by atoms with Gasteiger partial charge in [-0.1, -0.05) is 25.1 Å². The van der Waals surface area contributed by atoms with E-state index in [4.69, 9.17) is 0 Å². The SMILES string of the molecule is CC(Cc1ccccc1F)NCC1(C)CC1. The third-order valence-corrected chi connectivity index (χ3v) is 3.46. The van der Waals surface area contributed by atoms with E-state index in [0.717, 1.165) is 18.5 Å². The average molecular weight is 221 g/mol. The molecule has 1 saturated carbocycles. The molecule has 0 amide bonds. The van der Waals surface area contributed by atoms with Gasteiger partial charge in [0.15, 0.2) is 0 Å². The van der Waals surface area contributed by atoms with Crippen molar-refractivity contribution in [2.45, 2.75) is 39.2 Å². The summed E-state index contributed by atoms with van der Waals surface area (Å²) in [5.41, 5.74) is 1.33. The highest BCUT2D eigenvalue weighted by Crippen LogP contribution is 2.44. The van der Waals surface area contributed by atoms with Gasteiger partial charge in [0.2, 0.25) is 0 Å². The number of nitrogens with one attached hydrogen (secondary N) is 1. The first-order valence-corrected chi connectivity index (χ1v) is 6.06. The highest BCUT2D eigenvalue weighted by atomic mass is 19.1. The average Bonchev–Trinajstić information content (AvgIpc) is 2.98.